The number of fused-ring (bicyclic) bond motifs is 1. The van der Waals surface area contributed by atoms with E-state index in [0.29, 0.717) is 15.6 Å². The first kappa shape index (κ1) is 20.8. The molecule has 2 aromatic carbocycles. The van der Waals surface area contributed by atoms with E-state index >= 15 is 0 Å². The van der Waals surface area contributed by atoms with Crippen LogP contribution in [0.3, 0.4) is 0 Å². The third-order valence-electron chi connectivity index (χ3n) is 3.40. The minimum absolute atomic E-state index is 0.179. The predicted octanol–water partition coefficient (Wildman–Crippen LogP) is 3.78. The largest absolute Gasteiger partial charge is 0.465 e. The summed E-state index contributed by atoms with van der Waals surface area (Å²) in [6.07, 6.45) is 0. The zero-order valence-corrected chi connectivity index (χ0v) is 17.2. The summed E-state index contributed by atoms with van der Waals surface area (Å²) in [5.74, 6) is -2.28. The molecule has 140 valence electrons. The third kappa shape index (κ3) is 4.81. The first-order valence-electron chi connectivity index (χ1n) is 7.30. The molecule has 0 radical (unpaired) electrons. The van der Waals surface area contributed by atoms with Crippen LogP contribution in [0, 0.1) is 0 Å². The maximum atomic E-state index is 11.4. The lowest BCUT2D eigenvalue weighted by atomic mass is 10.1. The van der Waals surface area contributed by atoms with Crippen LogP contribution in [0.5, 0.6) is 0 Å². The molecule has 1 heterocycles. The maximum absolute atomic E-state index is 11.4. The van der Waals surface area contributed by atoms with Gasteiger partial charge in [-0.05, 0) is 36.4 Å². The quantitative estimate of drug-likeness (QED) is 0.352. The number of esters is 4. The fraction of sp³-hybridized carbons (Fsp3) is 0.111. The lowest BCUT2D eigenvalue weighted by Gasteiger charge is -2.06. The zero-order valence-electron chi connectivity index (χ0n) is 14.1. The number of halogens is 2. The van der Waals surface area contributed by atoms with Crippen molar-refractivity contribution in [3.63, 3.8) is 0 Å². The Morgan fingerprint density at radius 2 is 1.30 bits per heavy atom. The van der Waals surface area contributed by atoms with E-state index in [9.17, 15) is 19.2 Å². The summed E-state index contributed by atoms with van der Waals surface area (Å²) < 4.78 is 14.9. The zero-order chi connectivity index (χ0) is 20.1. The number of hydrogen-bond donors (Lipinski definition) is 0. The molecule has 7 nitrogen and oxygen atoms in total. The molecule has 0 atom stereocenters. The second-order valence-electron chi connectivity index (χ2n) is 5.04. The predicted molar refractivity (Wildman–Crippen MR) is 101 cm³/mol. The number of hydrogen-bond acceptors (Lipinski definition) is 7. The molecule has 3 rings (SSSR count). The monoisotopic (exact) mass is 498 g/mol. The molecule has 0 amide bonds. The molecule has 0 N–H and O–H groups in total. The van der Waals surface area contributed by atoms with Crippen molar-refractivity contribution in [2.45, 2.75) is 0 Å². The SMILES string of the molecule is COC(=O)c1ccc(Br)cc1C(=O)OC.O=C1OC(=O)c2cc(Br)ccc21. The van der Waals surface area contributed by atoms with Gasteiger partial charge in [0.25, 0.3) is 0 Å². The van der Waals surface area contributed by atoms with Crippen molar-refractivity contribution in [3.05, 3.63) is 67.6 Å². The van der Waals surface area contributed by atoms with Crippen LogP contribution in [0.4, 0.5) is 0 Å². The van der Waals surface area contributed by atoms with Gasteiger partial charge in [0.2, 0.25) is 0 Å². The maximum Gasteiger partial charge on any atom is 0.346 e. The van der Waals surface area contributed by atoms with E-state index in [1.165, 1.54) is 26.4 Å². The Balaban J connectivity index is 0.000000198. The van der Waals surface area contributed by atoms with Crippen LogP contribution in [0.1, 0.15) is 41.4 Å². The normalized spacial score (nSPS) is 11.7. The second kappa shape index (κ2) is 8.92. The van der Waals surface area contributed by atoms with Crippen molar-refractivity contribution in [2.24, 2.45) is 0 Å². The molecule has 2 aromatic rings. The van der Waals surface area contributed by atoms with Crippen molar-refractivity contribution in [1.29, 1.82) is 0 Å². The van der Waals surface area contributed by atoms with Crippen LogP contribution in [-0.4, -0.2) is 38.1 Å². The molecule has 0 spiro atoms. The van der Waals surface area contributed by atoms with Gasteiger partial charge in [0.15, 0.2) is 0 Å². The molecule has 1 aliphatic rings. The summed E-state index contributed by atoms with van der Waals surface area (Å²) in [6, 6.07) is 9.49. The van der Waals surface area contributed by atoms with Crippen LogP contribution in [0.15, 0.2) is 45.3 Å². The highest BCUT2D eigenvalue weighted by molar-refractivity contribution is 9.10. The Kier molecular flexibility index (Phi) is 6.86. The average Bonchev–Trinajstić information content (AvgIpc) is 2.94. The molecule has 0 unspecified atom stereocenters. The Morgan fingerprint density at radius 1 is 0.778 bits per heavy atom. The van der Waals surface area contributed by atoms with Crippen molar-refractivity contribution in [1.82, 2.24) is 0 Å². The molecule has 9 heteroatoms. The second-order valence-corrected chi connectivity index (χ2v) is 6.87. The van der Waals surface area contributed by atoms with Crippen molar-refractivity contribution < 1.29 is 33.4 Å². The smallest absolute Gasteiger partial charge is 0.346 e. The number of methoxy groups -OCH3 is 2. The van der Waals surface area contributed by atoms with Gasteiger partial charge < -0.3 is 14.2 Å². The molecular formula is C18H12Br2O7. The lowest BCUT2D eigenvalue weighted by molar-refractivity contribution is 0.0442. The van der Waals surface area contributed by atoms with Gasteiger partial charge in [0.1, 0.15) is 0 Å². The van der Waals surface area contributed by atoms with Gasteiger partial charge in [-0.1, -0.05) is 31.9 Å². The van der Waals surface area contributed by atoms with Gasteiger partial charge in [0.05, 0.1) is 36.5 Å². The molecule has 0 saturated heterocycles. The number of carbonyl (C=O) groups is 4. The Morgan fingerprint density at radius 3 is 1.93 bits per heavy atom. The Bertz CT molecular complexity index is 937. The van der Waals surface area contributed by atoms with E-state index in [0.717, 1.165) is 4.47 Å². The summed E-state index contributed by atoms with van der Waals surface area (Å²) >= 11 is 6.40. The Hall–Kier alpha value is -2.52. The van der Waals surface area contributed by atoms with Gasteiger partial charge in [-0.25, -0.2) is 19.2 Å². The number of carbonyl (C=O) groups excluding carboxylic acids is 4. The fourth-order valence-electron chi connectivity index (χ4n) is 2.14. The molecule has 0 fully saturated rings. The minimum Gasteiger partial charge on any atom is -0.465 e. The summed E-state index contributed by atoms with van der Waals surface area (Å²) in [5.41, 5.74) is 1.03. The highest BCUT2D eigenvalue weighted by Gasteiger charge is 2.29. The standard InChI is InChI=1S/C10H9BrO4.C8H3BrO3/c1-14-9(12)7-4-3-6(11)5-8(7)10(13)15-2;9-4-1-2-5-6(3-4)8(11)12-7(5)10/h3-5H,1-2H3;1-3H. The van der Waals surface area contributed by atoms with E-state index in [2.05, 4.69) is 46.1 Å². The van der Waals surface area contributed by atoms with Crippen LogP contribution in [-0.2, 0) is 14.2 Å². The summed E-state index contributed by atoms with van der Waals surface area (Å²) in [6.45, 7) is 0. The van der Waals surface area contributed by atoms with Gasteiger partial charge in [-0.3, -0.25) is 0 Å². The summed E-state index contributed by atoms with van der Waals surface area (Å²) in [4.78, 5) is 44.6. The first-order chi connectivity index (χ1) is 12.8. The summed E-state index contributed by atoms with van der Waals surface area (Å²) in [5, 5.41) is 0. The van der Waals surface area contributed by atoms with Crippen LogP contribution in [0.2, 0.25) is 0 Å². The van der Waals surface area contributed by atoms with Crippen molar-refractivity contribution >= 4 is 55.7 Å². The minimum atomic E-state index is -0.573. The van der Waals surface area contributed by atoms with Gasteiger partial charge in [-0.2, -0.15) is 0 Å². The van der Waals surface area contributed by atoms with Gasteiger partial charge in [-0.15, -0.1) is 0 Å². The molecular weight excluding hydrogens is 488 g/mol. The third-order valence-corrected chi connectivity index (χ3v) is 4.39. The van der Waals surface area contributed by atoms with Crippen LogP contribution >= 0.6 is 31.9 Å². The highest BCUT2D eigenvalue weighted by atomic mass is 79.9. The van der Waals surface area contributed by atoms with Crippen molar-refractivity contribution in [3.8, 4) is 0 Å². The van der Waals surface area contributed by atoms with Crippen LogP contribution in [0.25, 0.3) is 0 Å². The number of cyclic esters (lactones) is 2. The fourth-order valence-corrected chi connectivity index (χ4v) is 2.86. The number of benzene rings is 2. The van der Waals surface area contributed by atoms with Crippen molar-refractivity contribution in [2.75, 3.05) is 14.2 Å². The van der Waals surface area contributed by atoms with E-state index in [4.69, 9.17) is 0 Å². The topological polar surface area (TPSA) is 96.0 Å². The number of rotatable bonds is 2. The van der Waals surface area contributed by atoms with Crippen LogP contribution < -0.4 is 0 Å². The number of ether oxygens (including phenoxy) is 3. The molecule has 0 bridgehead atoms. The average molecular weight is 500 g/mol. The molecule has 0 saturated carbocycles. The van der Waals surface area contributed by atoms with E-state index in [1.807, 2.05) is 0 Å². The summed E-state index contributed by atoms with van der Waals surface area (Å²) in [7, 11) is 2.51. The molecule has 0 aliphatic carbocycles. The molecule has 0 aromatic heterocycles. The first-order valence-corrected chi connectivity index (χ1v) is 8.89. The van der Waals surface area contributed by atoms with E-state index < -0.39 is 23.9 Å². The van der Waals surface area contributed by atoms with Gasteiger partial charge in [0, 0.05) is 8.95 Å². The molecule has 1 aliphatic heterocycles. The van der Waals surface area contributed by atoms with E-state index in [-0.39, 0.29) is 11.1 Å². The highest BCUT2D eigenvalue weighted by Crippen LogP contribution is 2.23. The lowest BCUT2D eigenvalue weighted by Crippen LogP contribution is -2.11. The Labute approximate surface area is 170 Å². The van der Waals surface area contributed by atoms with E-state index in [1.54, 1.807) is 24.3 Å². The van der Waals surface area contributed by atoms with Gasteiger partial charge >= 0.3 is 23.9 Å². The molecule has 27 heavy (non-hydrogen) atoms.